The average molecular weight is 360 g/mol. The molecule has 2 aromatic carbocycles. The average Bonchev–Trinajstić information content (AvgIpc) is 2.98. The van der Waals surface area contributed by atoms with Crippen LogP contribution in [0.15, 0.2) is 48.5 Å². The van der Waals surface area contributed by atoms with Gasteiger partial charge in [0.25, 0.3) is 5.91 Å². The Labute approximate surface area is 159 Å². The molecule has 0 bridgehead atoms. The molecule has 1 aliphatic heterocycles. The van der Waals surface area contributed by atoms with Gasteiger partial charge < -0.3 is 10.6 Å². The summed E-state index contributed by atoms with van der Waals surface area (Å²) in [7, 11) is 0. The number of carbonyl (C=O) groups is 1. The van der Waals surface area contributed by atoms with E-state index in [0.717, 1.165) is 53.3 Å². The minimum atomic E-state index is 0.0248. The molecule has 0 unspecified atom stereocenters. The lowest BCUT2D eigenvalue weighted by molar-refractivity contribution is 0.0985. The fourth-order valence-electron chi connectivity index (χ4n) is 3.83. The lowest BCUT2D eigenvalue weighted by Gasteiger charge is -2.30. The Morgan fingerprint density at radius 1 is 1.15 bits per heavy atom. The van der Waals surface area contributed by atoms with Gasteiger partial charge in [0.15, 0.2) is 0 Å². The van der Waals surface area contributed by atoms with E-state index in [9.17, 15) is 4.79 Å². The molecule has 5 nitrogen and oxygen atoms in total. The zero-order valence-electron chi connectivity index (χ0n) is 15.8. The minimum Gasteiger partial charge on any atom is -0.398 e. The normalized spacial score (nSPS) is 13.5. The van der Waals surface area contributed by atoms with Gasteiger partial charge in [-0.15, -0.1) is 0 Å². The first-order chi connectivity index (χ1) is 13.0. The molecule has 5 heteroatoms. The molecule has 0 spiro atoms. The molecule has 27 heavy (non-hydrogen) atoms. The number of benzene rings is 2. The maximum absolute atomic E-state index is 13.2. The highest BCUT2D eigenvalue weighted by Crippen LogP contribution is 2.32. The van der Waals surface area contributed by atoms with E-state index in [0.29, 0.717) is 12.1 Å². The Bertz CT molecular complexity index is 1010. The molecule has 0 saturated heterocycles. The predicted octanol–water partition coefficient (Wildman–Crippen LogP) is 3.72. The van der Waals surface area contributed by atoms with Crippen molar-refractivity contribution in [3.63, 3.8) is 0 Å². The molecule has 0 atom stereocenters. The number of nitrogens with zero attached hydrogens (tertiary/aromatic N) is 3. The summed E-state index contributed by atoms with van der Waals surface area (Å²) in [6.07, 6.45) is 1.85. The maximum atomic E-state index is 13.2. The Morgan fingerprint density at radius 3 is 2.74 bits per heavy atom. The fraction of sp³-hybridized carbons (Fsp3) is 0.273. The van der Waals surface area contributed by atoms with E-state index in [-0.39, 0.29) is 5.91 Å². The fourth-order valence-corrected chi connectivity index (χ4v) is 3.83. The third-order valence-corrected chi connectivity index (χ3v) is 5.14. The number of nitrogen functional groups attached to an aromatic ring is 1. The molecule has 3 aromatic rings. The molecule has 0 aliphatic carbocycles. The zero-order valence-corrected chi connectivity index (χ0v) is 15.8. The molecular weight excluding hydrogens is 336 g/mol. The number of hydrogen-bond donors (Lipinski definition) is 1. The Morgan fingerprint density at radius 2 is 1.96 bits per heavy atom. The molecule has 1 aliphatic rings. The third-order valence-electron chi connectivity index (χ3n) is 5.14. The molecule has 1 amide bonds. The number of amides is 1. The standard InChI is InChI=1S/C22H24N4O/c1-15-12-16(2)26(24-15)14-17-6-3-7-18(13-17)22(27)25-11-5-8-19-20(23)9-4-10-21(19)25/h3-4,6-7,9-10,12-13H,5,8,11,14,23H2,1-2H3. The molecule has 0 saturated carbocycles. The van der Waals surface area contributed by atoms with Crippen LogP contribution in [0, 0.1) is 13.8 Å². The zero-order chi connectivity index (χ0) is 19.0. The molecule has 2 heterocycles. The summed E-state index contributed by atoms with van der Waals surface area (Å²) < 4.78 is 1.97. The predicted molar refractivity (Wildman–Crippen MR) is 108 cm³/mol. The van der Waals surface area contributed by atoms with Crippen molar-refractivity contribution in [1.82, 2.24) is 9.78 Å². The van der Waals surface area contributed by atoms with Gasteiger partial charge in [0.2, 0.25) is 0 Å². The Balaban J connectivity index is 1.62. The quantitative estimate of drug-likeness (QED) is 0.724. The van der Waals surface area contributed by atoms with Gasteiger partial charge in [0.1, 0.15) is 0 Å². The van der Waals surface area contributed by atoms with Crippen LogP contribution in [0.4, 0.5) is 11.4 Å². The van der Waals surface area contributed by atoms with Crippen LogP contribution in [-0.2, 0) is 13.0 Å². The van der Waals surface area contributed by atoms with Gasteiger partial charge in [-0.3, -0.25) is 9.48 Å². The van der Waals surface area contributed by atoms with Crippen molar-refractivity contribution in [2.45, 2.75) is 33.2 Å². The molecular formula is C22H24N4O. The van der Waals surface area contributed by atoms with Crippen LogP contribution < -0.4 is 10.6 Å². The van der Waals surface area contributed by atoms with Crippen molar-refractivity contribution in [3.05, 3.63) is 76.6 Å². The van der Waals surface area contributed by atoms with Crippen LogP contribution in [0.2, 0.25) is 0 Å². The highest BCUT2D eigenvalue weighted by atomic mass is 16.2. The third kappa shape index (κ3) is 3.33. The van der Waals surface area contributed by atoms with Crippen LogP contribution in [-0.4, -0.2) is 22.2 Å². The van der Waals surface area contributed by atoms with Gasteiger partial charge in [-0.2, -0.15) is 5.10 Å². The van der Waals surface area contributed by atoms with Gasteiger partial charge in [0.05, 0.1) is 12.2 Å². The topological polar surface area (TPSA) is 64.2 Å². The number of fused-ring (bicyclic) bond motifs is 1. The van der Waals surface area contributed by atoms with E-state index in [2.05, 4.69) is 11.2 Å². The van der Waals surface area contributed by atoms with Crippen LogP contribution in [0.3, 0.4) is 0 Å². The van der Waals surface area contributed by atoms with E-state index in [4.69, 9.17) is 5.73 Å². The summed E-state index contributed by atoms with van der Waals surface area (Å²) in [6, 6.07) is 15.7. The number of hydrogen-bond acceptors (Lipinski definition) is 3. The molecule has 0 fully saturated rings. The smallest absolute Gasteiger partial charge is 0.258 e. The van der Waals surface area contributed by atoms with Crippen molar-refractivity contribution in [3.8, 4) is 0 Å². The molecule has 0 radical (unpaired) electrons. The first-order valence-electron chi connectivity index (χ1n) is 9.32. The van der Waals surface area contributed by atoms with Gasteiger partial charge in [-0.05, 0) is 68.1 Å². The van der Waals surface area contributed by atoms with Gasteiger partial charge >= 0.3 is 0 Å². The van der Waals surface area contributed by atoms with Crippen LogP contribution in [0.5, 0.6) is 0 Å². The van der Waals surface area contributed by atoms with Crippen molar-refractivity contribution >= 4 is 17.3 Å². The van der Waals surface area contributed by atoms with Gasteiger partial charge in [-0.25, -0.2) is 0 Å². The highest BCUT2D eigenvalue weighted by molar-refractivity contribution is 6.07. The Hall–Kier alpha value is -3.08. The van der Waals surface area contributed by atoms with Crippen molar-refractivity contribution < 1.29 is 4.79 Å². The second-order valence-corrected chi connectivity index (χ2v) is 7.19. The van der Waals surface area contributed by atoms with Crippen molar-refractivity contribution in [2.75, 3.05) is 17.2 Å². The van der Waals surface area contributed by atoms with E-state index in [1.807, 2.05) is 65.9 Å². The number of carbonyl (C=O) groups excluding carboxylic acids is 1. The van der Waals surface area contributed by atoms with E-state index in [1.54, 1.807) is 0 Å². The monoisotopic (exact) mass is 360 g/mol. The van der Waals surface area contributed by atoms with E-state index in [1.165, 1.54) is 0 Å². The summed E-state index contributed by atoms with van der Waals surface area (Å²) in [6.45, 7) is 5.41. The van der Waals surface area contributed by atoms with E-state index < -0.39 is 0 Å². The van der Waals surface area contributed by atoms with Crippen LogP contribution >= 0.6 is 0 Å². The number of aryl methyl sites for hydroxylation is 2. The second kappa shape index (κ2) is 6.91. The molecule has 138 valence electrons. The Kier molecular flexibility index (Phi) is 4.44. The van der Waals surface area contributed by atoms with E-state index >= 15 is 0 Å². The number of anilines is 2. The van der Waals surface area contributed by atoms with Gasteiger partial charge in [-0.1, -0.05) is 18.2 Å². The first kappa shape index (κ1) is 17.3. The summed E-state index contributed by atoms with van der Waals surface area (Å²) in [5.41, 5.74) is 12.8. The SMILES string of the molecule is Cc1cc(C)n(Cc2cccc(C(=O)N3CCCc4c(N)cccc43)c2)n1. The lowest BCUT2D eigenvalue weighted by Crippen LogP contribution is -2.35. The van der Waals surface area contributed by atoms with Crippen LogP contribution in [0.25, 0.3) is 0 Å². The molecule has 4 rings (SSSR count). The number of rotatable bonds is 3. The highest BCUT2D eigenvalue weighted by Gasteiger charge is 2.24. The molecule has 2 N–H and O–H groups in total. The number of nitrogens with two attached hydrogens (primary N) is 1. The van der Waals surface area contributed by atoms with Crippen LogP contribution in [0.1, 0.15) is 39.3 Å². The first-order valence-corrected chi connectivity index (χ1v) is 9.32. The summed E-state index contributed by atoms with van der Waals surface area (Å²) in [4.78, 5) is 15.1. The summed E-state index contributed by atoms with van der Waals surface area (Å²) >= 11 is 0. The number of aromatic nitrogens is 2. The lowest BCUT2D eigenvalue weighted by atomic mass is 9.98. The van der Waals surface area contributed by atoms with Crippen molar-refractivity contribution in [1.29, 1.82) is 0 Å². The van der Waals surface area contributed by atoms with Crippen molar-refractivity contribution in [2.24, 2.45) is 0 Å². The summed E-state index contributed by atoms with van der Waals surface area (Å²) in [5, 5.41) is 4.52. The minimum absolute atomic E-state index is 0.0248. The second-order valence-electron chi connectivity index (χ2n) is 7.19. The maximum Gasteiger partial charge on any atom is 0.258 e. The molecule has 1 aromatic heterocycles. The summed E-state index contributed by atoms with van der Waals surface area (Å²) in [5.74, 6) is 0.0248. The largest absolute Gasteiger partial charge is 0.398 e. The van der Waals surface area contributed by atoms with Gasteiger partial charge in [0, 0.05) is 29.2 Å².